The van der Waals surface area contributed by atoms with Crippen molar-refractivity contribution in [1.82, 2.24) is 10.2 Å². The molecule has 2 aromatic carbocycles. The van der Waals surface area contributed by atoms with Gasteiger partial charge in [-0.2, -0.15) is 0 Å². The van der Waals surface area contributed by atoms with E-state index in [0.29, 0.717) is 10.2 Å². The fourth-order valence-corrected chi connectivity index (χ4v) is 4.20. The summed E-state index contributed by atoms with van der Waals surface area (Å²) >= 11 is 3.20. The van der Waals surface area contributed by atoms with Gasteiger partial charge in [-0.25, -0.2) is 9.59 Å². The zero-order valence-corrected chi connectivity index (χ0v) is 22.6. The van der Waals surface area contributed by atoms with Gasteiger partial charge in [-0.1, -0.05) is 34.1 Å². The van der Waals surface area contributed by atoms with Crippen LogP contribution in [0.5, 0.6) is 5.75 Å². The van der Waals surface area contributed by atoms with Gasteiger partial charge in [0.25, 0.3) is 11.8 Å². The first-order valence-corrected chi connectivity index (χ1v) is 12.3. The SMILES string of the molecule is COC(=O)c1ccc(CN2C(=O)N/C(=C\c3cc(Br)cc([N+](=O)[O-])c3OCC(=O)Nc3ccccc3C)C2=O)o1. The van der Waals surface area contributed by atoms with E-state index in [2.05, 4.69) is 31.3 Å². The van der Waals surface area contributed by atoms with Crippen molar-refractivity contribution < 1.29 is 38.0 Å². The Balaban J connectivity index is 1.58. The van der Waals surface area contributed by atoms with Gasteiger partial charge in [0.15, 0.2) is 6.61 Å². The van der Waals surface area contributed by atoms with Crippen LogP contribution in [-0.4, -0.2) is 47.4 Å². The van der Waals surface area contributed by atoms with Crippen LogP contribution >= 0.6 is 15.9 Å². The number of esters is 1. The van der Waals surface area contributed by atoms with Crippen molar-refractivity contribution in [3.05, 3.63) is 91.5 Å². The molecule has 1 aromatic heterocycles. The normalized spacial score (nSPS) is 13.8. The number of para-hydroxylation sites is 1. The number of imide groups is 1. The maximum absolute atomic E-state index is 13.0. The van der Waals surface area contributed by atoms with E-state index in [1.54, 1.807) is 25.1 Å². The standard InChI is InChI=1S/C26H21BrN4O9/c1-14-5-3-4-6-18(14)28-22(32)13-39-23-15(9-16(27)11-20(23)31(36)37)10-19-24(33)30(26(35)29-19)12-17-7-8-21(40-17)25(34)38-2/h3-11H,12-13H2,1-2H3,(H,28,32)(H,29,35)/b19-10-. The summed E-state index contributed by atoms with van der Waals surface area (Å²) < 4.78 is 15.8. The monoisotopic (exact) mass is 612 g/mol. The van der Waals surface area contributed by atoms with Gasteiger partial charge in [-0.3, -0.25) is 24.6 Å². The lowest BCUT2D eigenvalue weighted by atomic mass is 10.1. The Hall–Kier alpha value is -4.98. The number of hydrogen-bond acceptors (Lipinski definition) is 9. The molecule has 3 aromatic rings. The van der Waals surface area contributed by atoms with Gasteiger partial charge in [0.1, 0.15) is 11.5 Å². The number of rotatable bonds is 9. The molecule has 2 N–H and O–H groups in total. The molecule has 13 nitrogen and oxygen atoms in total. The Morgan fingerprint density at radius 2 is 1.95 bits per heavy atom. The maximum Gasteiger partial charge on any atom is 0.373 e. The third kappa shape index (κ3) is 6.18. The number of hydrogen-bond donors (Lipinski definition) is 2. The number of carbonyl (C=O) groups is 4. The van der Waals surface area contributed by atoms with Crippen LogP contribution in [0.3, 0.4) is 0 Å². The van der Waals surface area contributed by atoms with E-state index in [1.165, 1.54) is 37.5 Å². The third-order valence-electron chi connectivity index (χ3n) is 5.65. The Morgan fingerprint density at radius 1 is 1.20 bits per heavy atom. The van der Waals surface area contributed by atoms with Gasteiger partial charge >= 0.3 is 17.7 Å². The van der Waals surface area contributed by atoms with Crippen molar-refractivity contribution >= 4 is 57.2 Å². The molecule has 0 unspecified atom stereocenters. The smallest absolute Gasteiger partial charge is 0.373 e. The van der Waals surface area contributed by atoms with Crippen LogP contribution in [0.1, 0.15) is 27.4 Å². The lowest BCUT2D eigenvalue weighted by Crippen LogP contribution is -2.30. The van der Waals surface area contributed by atoms with Crippen LogP contribution in [0.25, 0.3) is 6.08 Å². The first-order chi connectivity index (χ1) is 19.1. The highest BCUT2D eigenvalue weighted by atomic mass is 79.9. The Bertz CT molecular complexity index is 1560. The average Bonchev–Trinajstić information content (AvgIpc) is 3.49. The molecule has 4 rings (SSSR count). The zero-order chi connectivity index (χ0) is 29.0. The molecule has 0 saturated carbocycles. The van der Waals surface area contributed by atoms with Crippen LogP contribution in [0.4, 0.5) is 16.2 Å². The van der Waals surface area contributed by atoms with Crippen LogP contribution in [0, 0.1) is 17.0 Å². The number of anilines is 1. The van der Waals surface area contributed by atoms with Crippen LogP contribution < -0.4 is 15.4 Å². The predicted molar refractivity (Wildman–Crippen MR) is 143 cm³/mol. The topological polar surface area (TPSA) is 170 Å². The highest BCUT2D eigenvalue weighted by Crippen LogP contribution is 2.36. The zero-order valence-electron chi connectivity index (χ0n) is 21.1. The number of urea groups is 1. The summed E-state index contributed by atoms with van der Waals surface area (Å²) in [5.41, 5.74) is 0.752. The summed E-state index contributed by atoms with van der Waals surface area (Å²) in [4.78, 5) is 61.6. The summed E-state index contributed by atoms with van der Waals surface area (Å²) in [6.45, 7) is 0.945. The van der Waals surface area contributed by atoms with Crippen LogP contribution in [0.2, 0.25) is 0 Å². The second-order valence-electron chi connectivity index (χ2n) is 8.39. The molecule has 40 heavy (non-hydrogen) atoms. The van der Waals surface area contributed by atoms with Crippen molar-refractivity contribution in [3.63, 3.8) is 0 Å². The van der Waals surface area contributed by atoms with Crippen molar-refractivity contribution in [2.24, 2.45) is 0 Å². The van der Waals surface area contributed by atoms with Crippen molar-refractivity contribution in [2.45, 2.75) is 13.5 Å². The second kappa shape index (κ2) is 11.8. The molecule has 2 heterocycles. The first-order valence-electron chi connectivity index (χ1n) is 11.5. The second-order valence-corrected chi connectivity index (χ2v) is 9.30. The van der Waals surface area contributed by atoms with E-state index in [4.69, 9.17) is 9.15 Å². The van der Waals surface area contributed by atoms with Gasteiger partial charge in [0, 0.05) is 21.8 Å². The summed E-state index contributed by atoms with van der Waals surface area (Å²) in [6.07, 6.45) is 1.20. The quantitative estimate of drug-likeness (QED) is 0.118. The van der Waals surface area contributed by atoms with Gasteiger partial charge in [-0.05, 0) is 42.8 Å². The Labute approximate surface area is 235 Å². The number of nitrogens with zero attached hydrogens (tertiary/aromatic N) is 2. The predicted octanol–water partition coefficient (Wildman–Crippen LogP) is 4.16. The number of methoxy groups -OCH3 is 1. The van der Waals surface area contributed by atoms with Crippen molar-refractivity contribution in [1.29, 1.82) is 0 Å². The van der Waals surface area contributed by atoms with E-state index in [1.807, 2.05) is 6.07 Å². The molecule has 0 atom stereocenters. The van der Waals surface area contributed by atoms with E-state index in [9.17, 15) is 29.3 Å². The fraction of sp³-hybridized carbons (Fsp3) is 0.154. The number of amides is 4. The minimum atomic E-state index is -0.781. The summed E-state index contributed by atoms with van der Waals surface area (Å²) in [5.74, 6) is -2.28. The number of aryl methyl sites for hydroxylation is 1. The van der Waals surface area contributed by atoms with Crippen LogP contribution in [-0.2, 0) is 20.9 Å². The number of carbonyl (C=O) groups excluding carboxylic acids is 4. The number of ether oxygens (including phenoxy) is 2. The number of benzene rings is 2. The number of nitrogens with one attached hydrogen (secondary N) is 2. The summed E-state index contributed by atoms with van der Waals surface area (Å²) in [5, 5.41) is 16.9. The number of furan rings is 1. The van der Waals surface area contributed by atoms with E-state index < -0.39 is 41.0 Å². The van der Waals surface area contributed by atoms with Gasteiger partial charge in [-0.15, -0.1) is 0 Å². The maximum atomic E-state index is 13.0. The Kier molecular flexibility index (Phi) is 8.29. The highest BCUT2D eigenvalue weighted by Gasteiger charge is 2.35. The molecular formula is C26H21BrN4O9. The molecule has 0 bridgehead atoms. The molecule has 206 valence electrons. The van der Waals surface area contributed by atoms with Crippen LogP contribution in [0.15, 0.2) is 63.1 Å². The largest absolute Gasteiger partial charge is 0.476 e. The van der Waals surface area contributed by atoms with Gasteiger partial charge in [0.2, 0.25) is 11.5 Å². The third-order valence-corrected chi connectivity index (χ3v) is 6.11. The molecule has 0 spiro atoms. The minimum Gasteiger partial charge on any atom is -0.476 e. The summed E-state index contributed by atoms with van der Waals surface area (Å²) in [7, 11) is 1.18. The fourth-order valence-electron chi connectivity index (χ4n) is 3.74. The lowest BCUT2D eigenvalue weighted by Gasteiger charge is -2.12. The molecule has 14 heteroatoms. The molecule has 0 aliphatic carbocycles. The molecule has 1 fully saturated rings. The average molecular weight is 613 g/mol. The van der Waals surface area contributed by atoms with Gasteiger partial charge in [0.05, 0.1) is 18.6 Å². The number of nitro groups is 1. The van der Waals surface area contributed by atoms with Crippen molar-refractivity contribution in [2.75, 3.05) is 19.0 Å². The molecule has 4 amide bonds. The first kappa shape index (κ1) is 28.0. The number of nitro benzene ring substituents is 1. The number of halogens is 1. The Morgan fingerprint density at radius 3 is 2.65 bits per heavy atom. The lowest BCUT2D eigenvalue weighted by molar-refractivity contribution is -0.385. The summed E-state index contributed by atoms with van der Waals surface area (Å²) in [6, 6.07) is 11.7. The van der Waals surface area contributed by atoms with E-state index in [0.717, 1.165) is 10.5 Å². The van der Waals surface area contributed by atoms with Gasteiger partial charge < -0.3 is 24.5 Å². The highest BCUT2D eigenvalue weighted by molar-refractivity contribution is 9.10. The minimum absolute atomic E-state index is 0.0567. The van der Waals surface area contributed by atoms with Crippen molar-refractivity contribution in [3.8, 4) is 5.75 Å². The molecular weight excluding hydrogens is 592 g/mol. The molecule has 1 saturated heterocycles. The van der Waals surface area contributed by atoms with E-state index in [-0.39, 0.29) is 35.1 Å². The molecule has 1 aliphatic rings. The molecule has 1 aliphatic heterocycles. The molecule has 0 radical (unpaired) electrons. The van der Waals surface area contributed by atoms with E-state index >= 15 is 0 Å².